The molecular formula is C16H15F2NO2S. The zero-order chi connectivity index (χ0) is 15.7. The Morgan fingerprint density at radius 3 is 2.91 bits per heavy atom. The van der Waals surface area contributed by atoms with Crippen LogP contribution < -0.4 is 4.74 Å². The van der Waals surface area contributed by atoms with E-state index in [0.29, 0.717) is 13.1 Å². The van der Waals surface area contributed by atoms with Crippen LogP contribution in [0.2, 0.25) is 0 Å². The number of rotatable bonds is 3. The molecule has 1 amide bonds. The quantitative estimate of drug-likeness (QED) is 0.867. The van der Waals surface area contributed by atoms with E-state index in [1.807, 2.05) is 11.4 Å². The van der Waals surface area contributed by atoms with Gasteiger partial charge in [-0.15, -0.1) is 11.3 Å². The summed E-state index contributed by atoms with van der Waals surface area (Å²) in [6.45, 7) is 2.84. The fraction of sp³-hybridized carbons (Fsp3) is 0.312. The van der Waals surface area contributed by atoms with Crippen LogP contribution in [0.15, 0.2) is 29.6 Å². The van der Waals surface area contributed by atoms with Crippen LogP contribution in [0.4, 0.5) is 8.78 Å². The average Bonchev–Trinajstić information content (AvgIpc) is 2.97. The number of ether oxygens (including phenoxy) is 1. The van der Waals surface area contributed by atoms with E-state index in [4.69, 9.17) is 4.74 Å². The lowest BCUT2D eigenvalue weighted by molar-refractivity contribution is -0.138. The third-order valence-corrected chi connectivity index (χ3v) is 4.69. The number of carbonyl (C=O) groups is 1. The van der Waals surface area contributed by atoms with E-state index in [0.717, 1.165) is 18.6 Å². The zero-order valence-corrected chi connectivity index (χ0v) is 12.8. The molecule has 116 valence electrons. The molecule has 0 spiro atoms. The monoisotopic (exact) mass is 323 g/mol. The van der Waals surface area contributed by atoms with E-state index >= 15 is 0 Å². The van der Waals surface area contributed by atoms with Gasteiger partial charge in [-0.1, -0.05) is 0 Å². The first kappa shape index (κ1) is 15.0. The summed E-state index contributed by atoms with van der Waals surface area (Å²) in [7, 11) is 0. The Morgan fingerprint density at radius 2 is 2.14 bits per heavy atom. The predicted molar refractivity (Wildman–Crippen MR) is 79.9 cm³/mol. The van der Waals surface area contributed by atoms with Crippen LogP contribution in [0.5, 0.6) is 5.75 Å². The second-order valence-corrected chi connectivity index (χ2v) is 6.22. The summed E-state index contributed by atoms with van der Waals surface area (Å²) in [4.78, 5) is 15.5. The summed E-state index contributed by atoms with van der Waals surface area (Å²) in [5, 5.41) is 2.03. The minimum atomic E-state index is -0.988. The van der Waals surface area contributed by atoms with Gasteiger partial charge in [0.25, 0.3) is 5.91 Å². The number of halogens is 2. The van der Waals surface area contributed by atoms with Crippen molar-refractivity contribution >= 4 is 17.2 Å². The molecule has 0 aliphatic carbocycles. The fourth-order valence-corrected chi connectivity index (χ4v) is 3.39. The van der Waals surface area contributed by atoms with Gasteiger partial charge in [-0.25, -0.2) is 8.78 Å². The lowest BCUT2D eigenvalue weighted by Crippen LogP contribution is -2.42. The van der Waals surface area contributed by atoms with Crippen molar-refractivity contribution in [1.82, 2.24) is 4.90 Å². The Bertz CT molecular complexity index is 701. The Hall–Kier alpha value is -1.95. The summed E-state index contributed by atoms with van der Waals surface area (Å²) < 4.78 is 31.5. The van der Waals surface area contributed by atoms with Gasteiger partial charge in [0.05, 0.1) is 0 Å². The normalized spacial score (nSPS) is 15.3. The molecule has 1 aromatic carbocycles. The third-order valence-electron chi connectivity index (χ3n) is 3.67. The topological polar surface area (TPSA) is 29.5 Å². The first-order valence-electron chi connectivity index (χ1n) is 7.00. The Kier molecular flexibility index (Phi) is 4.11. The van der Waals surface area contributed by atoms with E-state index in [9.17, 15) is 13.6 Å². The molecule has 0 N–H and O–H groups in total. The van der Waals surface area contributed by atoms with Crippen molar-refractivity contribution in [3.8, 4) is 5.75 Å². The fourth-order valence-electron chi connectivity index (χ4n) is 2.50. The summed E-state index contributed by atoms with van der Waals surface area (Å²) in [5.74, 6) is -1.93. The largest absolute Gasteiger partial charge is 0.481 e. The third kappa shape index (κ3) is 2.97. The first-order chi connectivity index (χ1) is 10.5. The molecule has 2 aromatic rings. The number of hydrogen-bond donors (Lipinski definition) is 0. The standard InChI is InChI=1S/C16H15F2NO2S/c1-10(21-12-2-3-13(17)14(18)8-12)16(20)19-6-4-15-11(9-19)5-7-22-15/h2-3,5,7-8,10H,4,6,9H2,1H3. The molecule has 1 atom stereocenters. The van der Waals surface area contributed by atoms with E-state index in [1.54, 1.807) is 23.2 Å². The second kappa shape index (κ2) is 6.04. The number of hydrogen-bond acceptors (Lipinski definition) is 3. The molecule has 6 heteroatoms. The number of nitrogens with zero attached hydrogens (tertiary/aromatic N) is 1. The highest BCUT2D eigenvalue weighted by atomic mass is 32.1. The molecule has 3 rings (SSSR count). The van der Waals surface area contributed by atoms with Gasteiger partial charge in [0.1, 0.15) is 5.75 Å². The van der Waals surface area contributed by atoms with Crippen molar-refractivity contribution < 1.29 is 18.3 Å². The Labute approximate surface area is 131 Å². The molecule has 1 aliphatic rings. The van der Waals surface area contributed by atoms with Gasteiger partial charge in [-0.2, -0.15) is 0 Å². The number of amides is 1. The molecule has 0 saturated carbocycles. The number of thiophene rings is 1. The summed E-state index contributed by atoms with van der Waals surface area (Å²) >= 11 is 1.71. The van der Waals surface area contributed by atoms with Crippen molar-refractivity contribution in [3.05, 3.63) is 51.7 Å². The van der Waals surface area contributed by atoms with Gasteiger partial charge in [0, 0.05) is 24.0 Å². The molecule has 1 aliphatic heterocycles. The molecule has 0 fully saturated rings. The molecular weight excluding hydrogens is 308 g/mol. The maximum absolute atomic E-state index is 13.2. The minimum absolute atomic E-state index is 0.146. The maximum atomic E-state index is 13.2. The van der Waals surface area contributed by atoms with Crippen molar-refractivity contribution in [2.45, 2.75) is 26.0 Å². The second-order valence-electron chi connectivity index (χ2n) is 5.21. The van der Waals surface area contributed by atoms with E-state index < -0.39 is 17.7 Å². The zero-order valence-electron chi connectivity index (χ0n) is 12.0. The van der Waals surface area contributed by atoms with Gasteiger partial charge in [0.15, 0.2) is 17.7 Å². The Balaban J connectivity index is 1.66. The maximum Gasteiger partial charge on any atom is 0.263 e. The highest BCUT2D eigenvalue weighted by molar-refractivity contribution is 7.10. The molecule has 3 nitrogen and oxygen atoms in total. The van der Waals surface area contributed by atoms with E-state index in [-0.39, 0.29) is 11.7 Å². The lowest BCUT2D eigenvalue weighted by atomic mass is 10.1. The summed E-state index contributed by atoms with van der Waals surface area (Å²) in [6.07, 6.45) is 0.0986. The number of carbonyl (C=O) groups excluding carboxylic acids is 1. The molecule has 0 saturated heterocycles. The van der Waals surface area contributed by atoms with Gasteiger partial charge >= 0.3 is 0 Å². The van der Waals surface area contributed by atoms with Crippen LogP contribution in [0.25, 0.3) is 0 Å². The lowest BCUT2D eigenvalue weighted by Gasteiger charge is -2.29. The van der Waals surface area contributed by atoms with Crippen LogP contribution in [0.1, 0.15) is 17.4 Å². The van der Waals surface area contributed by atoms with Gasteiger partial charge in [-0.05, 0) is 42.5 Å². The van der Waals surface area contributed by atoms with E-state index in [2.05, 4.69) is 0 Å². The van der Waals surface area contributed by atoms with Crippen LogP contribution >= 0.6 is 11.3 Å². The van der Waals surface area contributed by atoms with Crippen LogP contribution in [-0.4, -0.2) is 23.5 Å². The minimum Gasteiger partial charge on any atom is -0.481 e. The molecule has 0 radical (unpaired) electrons. The predicted octanol–water partition coefficient (Wildman–Crippen LogP) is 3.38. The smallest absolute Gasteiger partial charge is 0.263 e. The van der Waals surface area contributed by atoms with Crippen molar-refractivity contribution in [2.24, 2.45) is 0 Å². The highest BCUT2D eigenvalue weighted by Gasteiger charge is 2.26. The van der Waals surface area contributed by atoms with Crippen molar-refractivity contribution in [1.29, 1.82) is 0 Å². The SMILES string of the molecule is CC(Oc1ccc(F)c(F)c1)C(=O)N1CCc2sccc2C1. The molecule has 1 unspecified atom stereocenters. The van der Waals surface area contributed by atoms with Crippen molar-refractivity contribution in [2.75, 3.05) is 6.54 Å². The molecule has 2 heterocycles. The van der Waals surface area contributed by atoms with Gasteiger partial charge < -0.3 is 9.64 Å². The highest BCUT2D eigenvalue weighted by Crippen LogP contribution is 2.25. The summed E-state index contributed by atoms with van der Waals surface area (Å²) in [6, 6.07) is 5.28. The van der Waals surface area contributed by atoms with Crippen LogP contribution in [0, 0.1) is 11.6 Å². The first-order valence-corrected chi connectivity index (χ1v) is 7.88. The Morgan fingerprint density at radius 1 is 1.32 bits per heavy atom. The molecule has 22 heavy (non-hydrogen) atoms. The molecule has 0 bridgehead atoms. The van der Waals surface area contributed by atoms with Crippen LogP contribution in [0.3, 0.4) is 0 Å². The molecule has 1 aromatic heterocycles. The van der Waals surface area contributed by atoms with Crippen molar-refractivity contribution in [3.63, 3.8) is 0 Å². The van der Waals surface area contributed by atoms with E-state index in [1.165, 1.54) is 16.5 Å². The summed E-state index contributed by atoms with van der Waals surface area (Å²) in [5.41, 5.74) is 1.17. The van der Waals surface area contributed by atoms with Crippen LogP contribution in [-0.2, 0) is 17.8 Å². The average molecular weight is 323 g/mol. The van der Waals surface area contributed by atoms with Gasteiger partial charge in [-0.3, -0.25) is 4.79 Å². The van der Waals surface area contributed by atoms with Gasteiger partial charge in [0.2, 0.25) is 0 Å². The number of fused-ring (bicyclic) bond motifs is 1. The number of benzene rings is 1.